The Labute approximate surface area is 92.3 Å². The maximum atomic E-state index is 4.41. The first kappa shape index (κ1) is 10.6. The van der Waals surface area contributed by atoms with E-state index in [1.165, 1.54) is 38.0 Å². The lowest BCUT2D eigenvalue weighted by Crippen LogP contribution is -2.40. The first-order valence-electron chi connectivity index (χ1n) is 6.04. The summed E-state index contributed by atoms with van der Waals surface area (Å²) in [5.41, 5.74) is 1.24. The average molecular weight is 204 g/mol. The molecule has 2 rings (SSSR count). The van der Waals surface area contributed by atoms with E-state index in [0.717, 1.165) is 12.5 Å². The van der Waals surface area contributed by atoms with E-state index in [1.54, 1.807) is 0 Å². The Hall–Kier alpha value is -0.890. The molecule has 1 atom stereocenters. The average Bonchev–Trinajstić information content (AvgIpc) is 2.31. The van der Waals surface area contributed by atoms with Gasteiger partial charge in [0.2, 0.25) is 0 Å². The summed E-state index contributed by atoms with van der Waals surface area (Å²) in [6, 6.07) is 6.94. The summed E-state index contributed by atoms with van der Waals surface area (Å²) < 4.78 is 0. The van der Waals surface area contributed by atoms with Crippen molar-refractivity contribution in [3.63, 3.8) is 0 Å². The van der Waals surface area contributed by atoms with Crippen LogP contribution in [-0.2, 0) is 6.42 Å². The van der Waals surface area contributed by atoms with E-state index in [9.17, 15) is 0 Å². The Bertz CT molecular complexity index is 284. The third-order valence-corrected chi connectivity index (χ3v) is 3.33. The van der Waals surface area contributed by atoms with Crippen LogP contribution in [0.3, 0.4) is 0 Å². The molecule has 15 heavy (non-hydrogen) atoms. The van der Waals surface area contributed by atoms with Crippen LogP contribution >= 0.6 is 0 Å². The molecule has 1 aromatic heterocycles. The first-order valence-corrected chi connectivity index (χ1v) is 6.04. The van der Waals surface area contributed by atoms with Gasteiger partial charge in [0.25, 0.3) is 0 Å². The smallest absolute Gasteiger partial charge is 0.0419 e. The Balaban J connectivity index is 1.97. The van der Waals surface area contributed by atoms with Gasteiger partial charge in [-0.2, -0.15) is 0 Å². The molecule has 0 radical (unpaired) electrons. The van der Waals surface area contributed by atoms with Gasteiger partial charge in [-0.15, -0.1) is 0 Å². The molecule has 1 aliphatic heterocycles. The number of hydrogen-bond donors (Lipinski definition) is 0. The molecule has 0 spiro atoms. The standard InChI is InChI=1S/C13H20N2/c1-2-15-10-6-4-8-13(15)11-12-7-3-5-9-14-12/h3,5,7,9,13H,2,4,6,8,10-11H2,1H3. The molecule has 1 aliphatic rings. The van der Waals surface area contributed by atoms with Gasteiger partial charge >= 0.3 is 0 Å². The Morgan fingerprint density at radius 1 is 1.40 bits per heavy atom. The molecule has 1 saturated heterocycles. The number of likely N-dealkylation sites (N-methyl/N-ethyl adjacent to an activating group) is 1. The van der Waals surface area contributed by atoms with Crippen LogP contribution in [0, 0.1) is 0 Å². The van der Waals surface area contributed by atoms with Crippen molar-refractivity contribution in [2.45, 2.75) is 38.6 Å². The van der Waals surface area contributed by atoms with Crippen LogP contribution in [-0.4, -0.2) is 29.0 Å². The first-order chi connectivity index (χ1) is 7.40. The highest BCUT2D eigenvalue weighted by Gasteiger charge is 2.21. The third kappa shape index (κ3) is 2.78. The fraction of sp³-hybridized carbons (Fsp3) is 0.615. The number of nitrogens with zero attached hydrogens (tertiary/aromatic N) is 2. The molecule has 0 aliphatic carbocycles. The quantitative estimate of drug-likeness (QED) is 0.752. The third-order valence-electron chi connectivity index (χ3n) is 3.33. The van der Waals surface area contributed by atoms with Gasteiger partial charge in [-0.05, 0) is 38.1 Å². The minimum Gasteiger partial charge on any atom is -0.300 e. The molecular formula is C13H20N2. The summed E-state index contributed by atoms with van der Waals surface area (Å²) in [5.74, 6) is 0. The number of likely N-dealkylation sites (tertiary alicyclic amines) is 1. The maximum Gasteiger partial charge on any atom is 0.0419 e. The second-order valence-corrected chi connectivity index (χ2v) is 4.30. The van der Waals surface area contributed by atoms with Crippen molar-refractivity contribution in [1.82, 2.24) is 9.88 Å². The lowest BCUT2D eigenvalue weighted by Gasteiger charge is -2.34. The zero-order chi connectivity index (χ0) is 10.5. The number of aromatic nitrogens is 1. The van der Waals surface area contributed by atoms with Crippen molar-refractivity contribution >= 4 is 0 Å². The van der Waals surface area contributed by atoms with Crippen LogP contribution in [0.15, 0.2) is 24.4 Å². The van der Waals surface area contributed by atoms with Crippen molar-refractivity contribution in [2.75, 3.05) is 13.1 Å². The number of rotatable bonds is 3. The molecule has 0 aromatic carbocycles. The van der Waals surface area contributed by atoms with Crippen LogP contribution in [0.2, 0.25) is 0 Å². The van der Waals surface area contributed by atoms with Crippen molar-refractivity contribution in [2.24, 2.45) is 0 Å². The highest BCUT2D eigenvalue weighted by atomic mass is 15.2. The zero-order valence-electron chi connectivity index (χ0n) is 9.52. The molecule has 82 valence electrons. The molecule has 0 bridgehead atoms. The number of pyridine rings is 1. The summed E-state index contributed by atoms with van der Waals surface area (Å²) in [6.45, 7) is 4.71. The van der Waals surface area contributed by atoms with E-state index in [1.807, 2.05) is 12.3 Å². The predicted octanol–water partition coefficient (Wildman–Crippen LogP) is 2.50. The highest BCUT2D eigenvalue weighted by Crippen LogP contribution is 2.19. The summed E-state index contributed by atoms with van der Waals surface area (Å²) in [5, 5.41) is 0. The van der Waals surface area contributed by atoms with Gasteiger partial charge in [0.05, 0.1) is 0 Å². The SMILES string of the molecule is CCN1CCCCC1Cc1ccccn1. The van der Waals surface area contributed by atoms with E-state index in [-0.39, 0.29) is 0 Å². The molecule has 1 aromatic rings. The summed E-state index contributed by atoms with van der Waals surface area (Å²) in [6.07, 6.45) is 7.11. The van der Waals surface area contributed by atoms with E-state index in [0.29, 0.717) is 0 Å². The largest absolute Gasteiger partial charge is 0.300 e. The van der Waals surface area contributed by atoms with Crippen molar-refractivity contribution in [3.05, 3.63) is 30.1 Å². The molecule has 1 unspecified atom stereocenters. The monoisotopic (exact) mass is 204 g/mol. The Kier molecular flexibility index (Phi) is 3.73. The van der Waals surface area contributed by atoms with Crippen molar-refractivity contribution in [1.29, 1.82) is 0 Å². The second-order valence-electron chi connectivity index (χ2n) is 4.30. The van der Waals surface area contributed by atoms with Crippen LogP contribution in [0.5, 0.6) is 0 Å². The number of piperidine rings is 1. The molecule has 2 heteroatoms. The molecule has 0 saturated carbocycles. The van der Waals surface area contributed by atoms with Gasteiger partial charge in [-0.1, -0.05) is 19.4 Å². The zero-order valence-corrected chi connectivity index (χ0v) is 9.52. The molecule has 2 heterocycles. The molecule has 0 amide bonds. The fourth-order valence-electron chi connectivity index (χ4n) is 2.47. The molecule has 1 fully saturated rings. The highest BCUT2D eigenvalue weighted by molar-refractivity contribution is 5.05. The van der Waals surface area contributed by atoms with Gasteiger partial charge in [0.15, 0.2) is 0 Å². The second kappa shape index (κ2) is 5.26. The maximum absolute atomic E-state index is 4.41. The fourth-order valence-corrected chi connectivity index (χ4v) is 2.47. The van der Waals surface area contributed by atoms with Crippen LogP contribution in [0.1, 0.15) is 31.9 Å². The van der Waals surface area contributed by atoms with E-state index in [4.69, 9.17) is 0 Å². The van der Waals surface area contributed by atoms with Crippen LogP contribution < -0.4 is 0 Å². The van der Waals surface area contributed by atoms with E-state index < -0.39 is 0 Å². The molecular weight excluding hydrogens is 184 g/mol. The molecule has 2 nitrogen and oxygen atoms in total. The minimum atomic E-state index is 0.721. The van der Waals surface area contributed by atoms with Gasteiger partial charge in [0, 0.05) is 24.4 Å². The summed E-state index contributed by atoms with van der Waals surface area (Å²) in [7, 11) is 0. The summed E-state index contributed by atoms with van der Waals surface area (Å²) in [4.78, 5) is 7.01. The van der Waals surface area contributed by atoms with Crippen molar-refractivity contribution in [3.8, 4) is 0 Å². The van der Waals surface area contributed by atoms with Gasteiger partial charge in [-0.25, -0.2) is 0 Å². The lowest BCUT2D eigenvalue weighted by molar-refractivity contribution is 0.154. The lowest BCUT2D eigenvalue weighted by atomic mass is 9.98. The Morgan fingerprint density at radius 3 is 3.07 bits per heavy atom. The van der Waals surface area contributed by atoms with Gasteiger partial charge < -0.3 is 4.90 Å². The Morgan fingerprint density at radius 2 is 2.33 bits per heavy atom. The minimum absolute atomic E-state index is 0.721. The molecule has 0 N–H and O–H groups in total. The van der Waals surface area contributed by atoms with Crippen LogP contribution in [0.25, 0.3) is 0 Å². The summed E-state index contributed by atoms with van der Waals surface area (Å²) >= 11 is 0. The van der Waals surface area contributed by atoms with E-state index >= 15 is 0 Å². The predicted molar refractivity (Wildman–Crippen MR) is 62.8 cm³/mol. The number of hydrogen-bond acceptors (Lipinski definition) is 2. The topological polar surface area (TPSA) is 16.1 Å². The normalized spacial score (nSPS) is 22.9. The van der Waals surface area contributed by atoms with Crippen LogP contribution in [0.4, 0.5) is 0 Å². The van der Waals surface area contributed by atoms with Crippen molar-refractivity contribution < 1.29 is 0 Å². The van der Waals surface area contributed by atoms with E-state index in [2.05, 4.69) is 28.9 Å². The van der Waals surface area contributed by atoms with Gasteiger partial charge in [-0.3, -0.25) is 4.98 Å². The van der Waals surface area contributed by atoms with Gasteiger partial charge in [0.1, 0.15) is 0 Å².